The molecule has 3 atom stereocenters. The van der Waals surface area contributed by atoms with Crippen molar-refractivity contribution in [3.05, 3.63) is 54.1 Å². The number of carbonyl (C=O) groups excluding carboxylic acids is 3. The van der Waals surface area contributed by atoms with Gasteiger partial charge in [0.25, 0.3) is 11.8 Å². The highest BCUT2D eigenvalue weighted by Crippen LogP contribution is 2.22. The fourth-order valence-corrected chi connectivity index (χ4v) is 3.92. The van der Waals surface area contributed by atoms with Crippen LogP contribution < -0.4 is 26.7 Å². The molecule has 3 amide bonds. The normalized spacial score (nSPS) is 17.2. The molecule has 0 saturated carbocycles. The van der Waals surface area contributed by atoms with Crippen LogP contribution in [0.3, 0.4) is 0 Å². The smallest absolute Gasteiger partial charge is 0.268 e. The van der Waals surface area contributed by atoms with Crippen LogP contribution in [0.2, 0.25) is 0 Å². The molecule has 188 valence electrons. The Hall–Kier alpha value is -3.31. The van der Waals surface area contributed by atoms with Gasteiger partial charge < -0.3 is 26.4 Å². The number of nitrogens with one attached hydrogen (secondary N) is 5. The van der Waals surface area contributed by atoms with Crippen LogP contribution in [0.4, 0.5) is 5.69 Å². The van der Waals surface area contributed by atoms with Crippen LogP contribution in [0.25, 0.3) is 11.1 Å². The molecule has 1 heterocycles. The summed E-state index contributed by atoms with van der Waals surface area (Å²) in [7, 11) is 0. The SMILES string of the molecule is C[C@@H](O)[C@H](NC(=O)c1ccc(-c2ccc(NC(=O)CNCC3CCCCN3)cc2)cc1)C(=O)NO. The summed E-state index contributed by atoms with van der Waals surface area (Å²) in [5.41, 5.74) is 4.18. The van der Waals surface area contributed by atoms with Crippen molar-refractivity contribution in [2.75, 3.05) is 25.0 Å². The molecule has 0 spiro atoms. The highest BCUT2D eigenvalue weighted by molar-refractivity contribution is 5.98. The van der Waals surface area contributed by atoms with E-state index < -0.39 is 24.0 Å². The number of hydrogen-bond acceptors (Lipinski definition) is 7. The van der Waals surface area contributed by atoms with Gasteiger partial charge >= 0.3 is 0 Å². The lowest BCUT2D eigenvalue weighted by molar-refractivity contribution is -0.133. The Kier molecular flexibility index (Phi) is 9.74. The van der Waals surface area contributed by atoms with Crippen LogP contribution in [0.5, 0.6) is 0 Å². The summed E-state index contributed by atoms with van der Waals surface area (Å²) in [6.45, 7) is 3.39. The van der Waals surface area contributed by atoms with Crippen LogP contribution in [-0.4, -0.2) is 65.9 Å². The van der Waals surface area contributed by atoms with Gasteiger partial charge in [-0.3, -0.25) is 19.6 Å². The first kappa shape index (κ1) is 26.3. The first-order valence-corrected chi connectivity index (χ1v) is 11.7. The summed E-state index contributed by atoms with van der Waals surface area (Å²) in [5.74, 6) is -1.57. The van der Waals surface area contributed by atoms with Crippen molar-refractivity contribution >= 4 is 23.4 Å². The number of aliphatic hydroxyl groups excluding tert-OH is 1. The molecule has 0 radical (unpaired) electrons. The molecular weight excluding hydrogens is 450 g/mol. The fourth-order valence-electron chi connectivity index (χ4n) is 3.92. The Morgan fingerprint density at radius 2 is 1.69 bits per heavy atom. The summed E-state index contributed by atoms with van der Waals surface area (Å²) < 4.78 is 0. The van der Waals surface area contributed by atoms with Crippen LogP contribution in [0, 0.1) is 0 Å². The first-order valence-electron chi connectivity index (χ1n) is 11.7. The van der Waals surface area contributed by atoms with Gasteiger partial charge in [-0.05, 0) is 61.7 Å². The molecule has 3 rings (SSSR count). The lowest BCUT2D eigenvalue weighted by Gasteiger charge is -2.23. The van der Waals surface area contributed by atoms with E-state index in [0.29, 0.717) is 17.3 Å². The van der Waals surface area contributed by atoms with Gasteiger partial charge in [-0.15, -0.1) is 0 Å². The maximum absolute atomic E-state index is 12.4. The minimum atomic E-state index is -1.28. The molecule has 7 N–H and O–H groups in total. The second-order valence-corrected chi connectivity index (χ2v) is 8.65. The lowest BCUT2D eigenvalue weighted by atomic mass is 10.0. The number of piperidine rings is 1. The van der Waals surface area contributed by atoms with Crippen molar-refractivity contribution in [1.82, 2.24) is 21.4 Å². The van der Waals surface area contributed by atoms with Gasteiger partial charge in [-0.2, -0.15) is 0 Å². The van der Waals surface area contributed by atoms with E-state index in [1.165, 1.54) is 25.2 Å². The molecule has 1 unspecified atom stereocenters. The Balaban J connectivity index is 1.51. The zero-order chi connectivity index (χ0) is 25.2. The average Bonchev–Trinajstić information content (AvgIpc) is 2.87. The number of carbonyl (C=O) groups is 3. The quantitative estimate of drug-likeness (QED) is 0.197. The van der Waals surface area contributed by atoms with Gasteiger partial charge in [-0.1, -0.05) is 30.7 Å². The van der Waals surface area contributed by atoms with Crippen molar-refractivity contribution in [1.29, 1.82) is 0 Å². The lowest BCUT2D eigenvalue weighted by Crippen LogP contribution is -2.51. The predicted octanol–water partition coefficient (Wildman–Crippen LogP) is 1.01. The van der Waals surface area contributed by atoms with E-state index >= 15 is 0 Å². The number of anilines is 1. The van der Waals surface area contributed by atoms with Crippen molar-refractivity contribution < 1.29 is 24.7 Å². The summed E-state index contributed by atoms with van der Waals surface area (Å²) in [6, 6.07) is 13.2. The monoisotopic (exact) mass is 483 g/mol. The van der Waals surface area contributed by atoms with E-state index in [-0.39, 0.29) is 12.5 Å². The van der Waals surface area contributed by atoms with E-state index in [4.69, 9.17) is 5.21 Å². The Bertz CT molecular complexity index is 988. The topological polar surface area (TPSA) is 152 Å². The van der Waals surface area contributed by atoms with E-state index in [9.17, 15) is 19.5 Å². The third-order valence-electron chi connectivity index (χ3n) is 5.90. The number of aliphatic hydroxyl groups is 1. The van der Waals surface area contributed by atoms with E-state index in [1.807, 2.05) is 24.3 Å². The standard InChI is InChI=1S/C25H33N5O5/c1-16(31)23(25(34)30-35)29-24(33)19-7-5-17(6-8-19)18-9-11-20(12-10-18)28-22(32)15-26-14-21-4-2-3-13-27-21/h5-12,16,21,23,26-27,31,35H,2-4,13-15H2,1H3,(H,28,32)(H,29,33)(H,30,34)/t16-,21?,23+/m1/s1. The van der Waals surface area contributed by atoms with E-state index in [2.05, 4.69) is 21.3 Å². The molecule has 1 aliphatic heterocycles. The van der Waals surface area contributed by atoms with Gasteiger partial charge in [0, 0.05) is 23.8 Å². The third-order valence-corrected chi connectivity index (χ3v) is 5.90. The molecule has 10 nitrogen and oxygen atoms in total. The minimum Gasteiger partial charge on any atom is -0.391 e. The largest absolute Gasteiger partial charge is 0.391 e. The molecule has 0 aliphatic carbocycles. The molecule has 2 aromatic carbocycles. The highest BCUT2D eigenvalue weighted by Gasteiger charge is 2.25. The number of amides is 3. The summed E-state index contributed by atoms with van der Waals surface area (Å²) >= 11 is 0. The molecule has 0 bridgehead atoms. The van der Waals surface area contributed by atoms with Crippen molar-refractivity contribution in [2.45, 2.75) is 44.4 Å². The molecule has 1 fully saturated rings. The number of hydrogen-bond donors (Lipinski definition) is 7. The van der Waals surface area contributed by atoms with Crippen molar-refractivity contribution in [3.8, 4) is 11.1 Å². The minimum absolute atomic E-state index is 0.102. The summed E-state index contributed by atoms with van der Waals surface area (Å²) in [5, 5.41) is 30.3. The first-order chi connectivity index (χ1) is 16.9. The van der Waals surface area contributed by atoms with Crippen LogP contribution in [0.15, 0.2) is 48.5 Å². The fraction of sp³-hybridized carbons (Fsp3) is 0.400. The van der Waals surface area contributed by atoms with E-state index in [0.717, 1.165) is 30.6 Å². The van der Waals surface area contributed by atoms with Crippen LogP contribution >= 0.6 is 0 Å². The second-order valence-electron chi connectivity index (χ2n) is 8.65. The molecule has 0 aromatic heterocycles. The molecule has 2 aromatic rings. The highest BCUT2D eigenvalue weighted by atomic mass is 16.5. The van der Waals surface area contributed by atoms with Gasteiger partial charge in [0.15, 0.2) is 0 Å². The zero-order valence-corrected chi connectivity index (χ0v) is 19.7. The van der Waals surface area contributed by atoms with Gasteiger partial charge in [0.2, 0.25) is 5.91 Å². The number of benzene rings is 2. The second kappa shape index (κ2) is 13.0. The van der Waals surface area contributed by atoms with Gasteiger partial charge in [0.1, 0.15) is 6.04 Å². The maximum atomic E-state index is 12.4. The number of hydroxylamine groups is 1. The van der Waals surface area contributed by atoms with E-state index in [1.54, 1.807) is 24.3 Å². The van der Waals surface area contributed by atoms with Crippen LogP contribution in [0.1, 0.15) is 36.5 Å². The zero-order valence-electron chi connectivity index (χ0n) is 19.7. The Morgan fingerprint density at radius 1 is 1.03 bits per heavy atom. The number of rotatable bonds is 10. The Morgan fingerprint density at radius 3 is 2.26 bits per heavy atom. The van der Waals surface area contributed by atoms with Crippen LogP contribution in [-0.2, 0) is 9.59 Å². The average molecular weight is 484 g/mol. The third kappa shape index (κ3) is 7.86. The predicted molar refractivity (Wildman–Crippen MR) is 132 cm³/mol. The molecular formula is C25H33N5O5. The summed E-state index contributed by atoms with van der Waals surface area (Å²) in [6.07, 6.45) is 2.38. The van der Waals surface area contributed by atoms with Crippen molar-refractivity contribution in [2.24, 2.45) is 0 Å². The van der Waals surface area contributed by atoms with Crippen molar-refractivity contribution in [3.63, 3.8) is 0 Å². The van der Waals surface area contributed by atoms with Gasteiger partial charge in [-0.25, -0.2) is 5.48 Å². The molecule has 10 heteroatoms. The Labute approximate surface area is 204 Å². The maximum Gasteiger partial charge on any atom is 0.268 e. The van der Waals surface area contributed by atoms with Gasteiger partial charge in [0.05, 0.1) is 12.6 Å². The summed E-state index contributed by atoms with van der Waals surface area (Å²) in [4.78, 5) is 36.2. The molecule has 35 heavy (non-hydrogen) atoms. The molecule has 1 saturated heterocycles. The molecule has 1 aliphatic rings.